The first-order valence-corrected chi connectivity index (χ1v) is 16.6. The summed E-state index contributed by atoms with van der Waals surface area (Å²) in [4.78, 5) is 51.9. The van der Waals surface area contributed by atoms with Gasteiger partial charge in [0.25, 0.3) is 0 Å². The number of anilines is 1. The van der Waals surface area contributed by atoms with Gasteiger partial charge in [0.15, 0.2) is 5.88 Å². The quantitative estimate of drug-likeness (QED) is 0.154. The Hall–Kier alpha value is -5.16. The van der Waals surface area contributed by atoms with Crippen molar-refractivity contribution in [3.63, 3.8) is 0 Å². The van der Waals surface area contributed by atoms with E-state index < -0.39 is 11.6 Å². The van der Waals surface area contributed by atoms with E-state index in [9.17, 15) is 19.5 Å². The van der Waals surface area contributed by atoms with Crippen LogP contribution in [0, 0.1) is 0 Å². The van der Waals surface area contributed by atoms with Gasteiger partial charge in [0, 0.05) is 54.4 Å². The van der Waals surface area contributed by atoms with Gasteiger partial charge in [-0.2, -0.15) is 0 Å². The number of benzene rings is 3. The fraction of sp³-hybridized carbons (Fsp3) is 0.368. The predicted octanol–water partition coefficient (Wildman–Crippen LogP) is 6.51. The molecule has 2 amide bonds. The van der Waals surface area contributed by atoms with E-state index in [1.165, 1.54) is 0 Å². The van der Waals surface area contributed by atoms with Crippen molar-refractivity contribution in [3.8, 4) is 5.88 Å². The standard InChI is InChI=1S/C38H45N5O6/c1-7-48-36(46)27-13-18-30-31(23-27)40-35(45)33(30)34(26-11-9-8-10-12-26)39-28-14-16-29(17-15-28)43(25(2)3)32(44)24-41-19-21-42(22-20-41)37(47)49-38(4,5)6/h8-18,23,25,40,45H,7,19-22,24H2,1-6H3. The molecule has 1 fully saturated rings. The highest BCUT2D eigenvalue weighted by Gasteiger charge is 2.28. The molecule has 1 saturated heterocycles. The van der Waals surface area contributed by atoms with E-state index in [4.69, 9.17) is 14.5 Å². The second-order valence-electron chi connectivity index (χ2n) is 13.3. The SMILES string of the molecule is CCOC(=O)c1ccc2c(C(=Nc3ccc(N(C(=O)CN4CCN(C(=O)OC(C)(C)C)CC4)C(C)C)cc3)c3ccccc3)c(O)[nH]c2c1. The molecule has 0 atom stereocenters. The molecular weight excluding hydrogens is 622 g/mol. The lowest BCUT2D eigenvalue weighted by Gasteiger charge is -2.36. The van der Waals surface area contributed by atoms with Gasteiger partial charge >= 0.3 is 12.1 Å². The van der Waals surface area contributed by atoms with Crippen molar-refractivity contribution in [2.45, 2.75) is 53.2 Å². The zero-order chi connectivity index (χ0) is 35.3. The van der Waals surface area contributed by atoms with Gasteiger partial charge in [-0.25, -0.2) is 14.6 Å². The van der Waals surface area contributed by atoms with Crippen LogP contribution in [0.3, 0.4) is 0 Å². The summed E-state index contributed by atoms with van der Waals surface area (Å²) in [6.07, 6.45) is -0.330. The molecule has 4 aromatic rings. The number of piperazine rings is 1. The van der Waals surface area contributed by atoms with Crippen LogP contribution in [0.25, 0.3) is 10.9 Å². The Labute approximate surface area is 287 Å². The minimum Gasteiger partial charge on any atom is -0.494 e. The van der Waals surface area contributed by atoms with E-state index in [0.29, 0.717) is 59.6 Å². The van der Waals surface area contributed by atoms with Crippen molar-refractivity contribution in [1.29, 1.82) is 0 Å². The molecule has 0 unspecified atom stereocenters. The molecule has 1 aromatic heterocycles. The number of hydrogen-bond donors (Lipinski definition) is 2. The van der Waals surface area contributed by atoms with Crippen molar-refractivity contribution < 1.29 is 29.0 Å². The Kier molecular flexibility index (Phi) is 10.7. The van der Waals surface area contributed by atoms with Crippen molar-refractivity contribution in [1.82, 2.24) is 14.8 Å². The van der Waals surface area contributed by atoms with Gasteiger partial charge in [0.2, 0.25) is 5.91 Å². The largest absolute Gasteiger partial charge is 0.494 e. The van der Waals surface area contributed by atoms with E-state index in [1.54, 1.807) is 34.9 Å². The number of nitrogens with zero attached hydrogens (tertiary/aromatic N) is 4. The highest BCUT2D eigenvalue weighted by Crippen LogP contribution is 2.33. The van der Waals surface area contributed by atoms with Crippen LogP contribution in [0.2, 0.25) is 0 Å². The molecule has 2 N–H and O–H groups in total. The van der Waals surface area contributed by atoms with Gasteiger partial charge in [-0.15, -0.1) is 0 Å². The molecule has 0 radical (unpaired) electrons. The van der Waals surface area contributed by atoms with Crippen molar-refractivity contribution in [2.24, 2.45) is 4.99 Å². The number of carbonyl (C=O) groups excluding carboxylic acids is 3. The van der Waals surface area contributed by atoms with Gasteiger partial charge in [0.1, 0.15) is 5.60 Å². The molecule has 0 bridgehead atoms. The van der Waals surface area contributed by atoms with E-state index in [1.807, 2.05) is 89.2 Å². The number of hydrogen-bond acceptors (Lipinski definition) is 8. The van der Waals surface area contributed by atoms with Crippen LogP contribution in [-0.2, 0) is 14.3 Å². The number of amides is 2. The first-order valence-electron chi connectivity index (χ1n) is 16.6. The average Bonchev–Trinajstić information content (AvgIpc) is 3.38. The third-order valence-corrected chi connectivity index (χ3v) is 8.11. The molecule has 1 aliphatic rings. The number of rotatable bonds is 9. The zero-order valence-electron chi connectivity index (χ0n) is 29.0. The Morgan fingerprint density at radius 2 is 1.61 bits per heavy atom. The highest BCUT2D eigenvalue weighted by molar-refractivity contribution is 6.22. The average molecular weight is 668 g/mol. The number of fused-ring (bicyclic) bond motifs is 1. The molecule has 0 spiro atoms. The lowest BCUT2D eigenvalue weighted by molar-refractivity contribution is -0.120. The zero-order valence-corrected chi connectivity index (χ0v) is 29.0. The fourth-order valence-electron chi connectivity index (χ4n) is 5.85. The van der Waals surface area contributed by atoms with E-state index >= 15 is 0 Å². The lowest BCUT2D eigenvalue weighted by atomic mass is 10.00. The van der Waals surface area contributed by atoms with Gasteiger partial charge < -0.3 is 29.4 Å². The van der Waals surface area contributed by atoms with Crippen LogP contribution in [-0.4, -0.2) is 94.5 Å². The molecule has 3 aromatic carbocycles. The maximum atomic E-state index is 13.6. The number of ether oxygens (including phenoxy) is 2. The Morgan fingerprint density at radius 1 is 0.939 bits per heavy atom. The Bertz CT molecular complexity index is 1820. The van der Waals surface area contributed by atoms with Crippen LogP contribution >= 0.6 is 0 Å². The van der Waals surface area contributed by atoms with Crippen molar-refractivity contribution >= 4 is 46.0 Å². The highest BCUT2D eigenvalue weighted by atomic mass is 16.6. The number of aromatic amines is 1. The molecule has 11 heteroatoms. The van der Waals surface area contributed by atoms with Crippen LogP contribution in [0.1, 0.15) is 63.0 Å². The lowest BCUT2D eigenvalue weighted by Crippen LogP contribution is -2.53. The molecule has 49 heavy (non-hydrogen) atoms. The molecule has 258 valence electrons. The molecular formula is C38H45N5O6. The number of aliphatic imine (C=N–C) groups is 1. The van der Waals surface area contributed by atoms with Gasteiger partial charge in [-0.1, -0.05) is 36.4 Å². The monoisotopic (exact) mass is 667 g/mol. The van der Waals surface area contributed by atoms with Crippen molar-refractivity contribution in [2.75, 3.05) is 44.2 Å². The molecule has 11 nitrogen and oxygen atoms in total. The van der Waals surface area contributed by atoms with E-state index in [2.05, 4.69) is 9.88 Å². The third-order valence-electron chi connectivity index (χ3n) is 8.11. The first kappa shape index (κ1) is 35.2. The summed E-state index contributed by atoms with van der Waals surface area (Å²) in [5.74, 6) is -0.543. The molecule has 2 heterocycles. The van der Waals surface area contributed by atoms with Crippen LogP contribution in [0.4, 0.5) is 16.2 Å². The van der Waals surface area contributed by atoms with Crippen LogP contribution in [0.15, 0.2) is 77.8 Å². The molecule has 0 aliphatic carbocycles. The summed E-state index contributed by atoms with van der Waals surface area (Å²) in [5, 5.41) is 11.8. The predicted molar refractivity (Wildman–Crippen MR) is 191 cm³/mol. The Balaban J connectivity index is 1.37. The third kappa shape index (κ3) is 8.47. The van der Waals surface area contributed by atoms with Gasteiger partial charge in [0.05, 0.1) is 35.7 Å². The van der Waals surface area contributed by atoms with Gasteiger partial charge in [-0.3, -0.25) is 9.69 Å². The summed E-state index contributed by atoms with van der Waals surface area (Å²) in [6, 6.07) is 22.0. The number of aromatic nitrogens is 1. The van der Waals surface area contributed by atoms with Crippen LogP contribution < -0.4 is 4.90 Å². The maximum absolute atomic E-state index is 13.6. The van der Waals surface area contributed by atoms with Crippen molar-refractivity contribution in [3.05, 3.63) is 89.5 Å². The fourth-order valence-corrected chi connectivity index (χ4v) is 5.85. The maximum Gasteiger partial charge on any atom is 0.410 e. The second kappa shape index (κ2) is 14.9. The van der Waals surface area contributed by atoms with E-state index in [-0.39, 0.29) is 37.1 Å². The summed E-state index contributed by atoms with van der Waals surface area (Å²) < 4.78 is 10.6. The normalized spacial score (nSPS) is 14.3. The molecule has 1 aliphatic heterocycles. The topological polar surface area (TPSA) is 128 Å². The number of aromatic hydroxyl groups is 1. The summed E-state index contributed by atoms with van der Waals surface area (Å²) >= 11 is 0. The molecule has 5 rings (SSSR count). The number of carbonyl (C=O) groups is 3. The summed E-state index contributed by atoms with van der Waals surface area (Å²) in [5.41, 5.74) is 3.62. The number of nitrogens with one attached hydrogen (secondary N) is 1. The minimum atomic E-state index is -0.554. The minimum absolute atomic E-state index is 0.0344. The number of H-pyrrole nitrogens is 1. The summed E-state index contributed by atoms with van der Waals surface area (Å²) in [7, 11) is 0. The Morgan fingerprint density at radius 3 is 2.22 bits per heavy atom. The van der Waals surface area contributed by atoms with Gasteiger partial charge in [-0.05, 0) is 77.9 Å². The van der Waals surface area contributed by atoms with Crippen LogP contribution in [0.5, 0.6) is 5.88 Å². The first-order chi connectivity index (χ1) is 23.3. The summed E-state index contributed by atoms with van der Waals surface area (Å²) in [6.45, 7) is 13.9. The van der Waals surface area contributed by atoms with E-state index in [0.717, 1.165) is 11.3 Å². The molecule has 0 saturated carbocycles. The number of esters is 1. The smallest absolute Gasteiger partial charge is 0.410 e. The second-order valence-corrected chi connectivity index (χ2v) is 13.3.